The van der Waals surface area contributed by atoms with E-state index in [-0.39, 0.29) is 18.4 Å². The van der Waals surface area contributed by atoms with Gasteiger partial charge in [-0.3, -0.25) is 5.41 Å². The van der Waals surface area contributed by atoms with E-state index in [1.54, 1.807) is 18.3 Å². The van der Waals surface area contributed by atoms with E-state index < -0.39 is 0 Å². The van der Waals surface area contributed by atoms with Gasteiger partial charge >= 0.3 is 0 Å². The van der Waals surface area contributed by atoms with E-state index >= 15 is 0 Å². The molecule has 6 nitrogen and oxygen atoms in total. The molecule has 1 aliphatic carbocycles. The van der Waals surface area contributed by atoms with Gasteiger partial charge in [-0.15, -0.1) is 0 Å². The van der Waals surface area contributed by atoms with Crippen molar-refractivity contribution in [1.29, 1.82) is 5.41 Å². The third-order valence-electron chi connectivity index (χ3n) is 4.07. The van der Waals surface area contributed by atoms with Crippen molar-refractivity contribution >= 4 is 22.4 Å². The highest BCUT2D eigenvalue weighted by molar-refractivity contribution is 8.11. The summed E-state index contributed by atoms with van der Waals surface area (Å²) in [7, 11) is 0. The highest BCUT2D eigenvalue weighted by atomic mass is 32.2. The third kappa shape index (κ3) is 4.79. The molecule has 4 N–H and O–H groups in total. The SMILES string of the molecule is CC(C)OC1=CC(C(=N)c2nccc(C3=CCC=C(CO)S3)n2)=C(N)C=CC1. The zero-order valence-electron chi connectivity index (χ0n) is 16.0. The Morgan fingerprint density at radius 1 is 1.39 bits per heavy atom. The summed E-state index contributed by atoms with van der Waals surface area (Å²) < 4.78 is 5.82. The Bertz CT molecular complexity index is 926. The van der Waals surface area contributed by atoms with Crippen molar-refractivity contribution in [2.24, 2.45) is 5.73 Å². The number of ether oxygens (including phenoxy) is 1. The van der Waals surface area contributed by atoms with Crippen molar-refractivity contribution in [3.05, 3.63) is 76.1 Å². The Kier molecular flexibility index (Phi) is 6.49. The van der Waals surface area contributed by atoms with Crippen LogP contribution in [0.5, 0.6) is 0 Å². The molecule has 0 spiro atoms. The summed E-state index contributed by atoms with van der Waals surface area (Å²) in [6.45, 7) is 3.93. The first-order chi connectivity index (χ1) is 13.5. The lowest BCUT2D eigenvalue weighted by Gasteiger charge is -2.14. The molecular weight excluding hydrogens is 372 g/mol. The van der Waals surface area contributed by atoms with Gasteiger partial charge in [0.25, 0.3) is 0 Å². The summed E-state index contributed by atoms with van der Waals surface area (Å²) >= 11 is 1.48. The second kappa shape index (κ2) is 9.03. The molecule has 0 bridgehead atoms. The van der Waals surface area contributed by atoms with Gasteiger partial charge in [-0.25, -0.2) is 9.97 Å². The molecule has 0 atom stereocenters. The predicted molar refractivity (Wildman–Crippen MR) is 113 cm³/mol. The minimum Gasteiger partial charge on any atom is -0.495 e. The van der Waals surface area contributed by atoms with E-state index in [0.717, 1.165) is 27.7 Å². The van der Waals surface area contributed by atoms with Gasteiger partial charge in [0.05, 0.1) is 18.4 Å². The maximum Gasteiger partial charge on any atom is 0.178 e. The molecule has 2 heterocycles. The molecule has 0 saturated carbocycles. The minimum absolute atomic E-state index is 0.00887. The van der Waals surface area contributed by atoms with E-state index in [1.165, 1.54) is 11.8 Å². The summed E-state index contributed by atoms with van der Waals surface area (Å²) in [6.07, 6.45) is 12.6. The molecule has 0 aromatic carbocycles. The zero-order valence-corrected chi connectivity index (χ0v) is 16.8. The molecule has 146 valence electrons. The summed E-state index contributed by atoms with van der Waals surface area (Å²) in [4.78, 5) is 10.7. The number of nitrogens with zero attached hydrogens (tertiary/aromatic N) is 2. The number of nitrogens with one attached hydrogen (secondary N) is 1. The zero-order chi connectivity index (χ0) is 20.1. The van der Waals surface area contributed by atoms with Crippen molar-refractivity contribution in [3.8, 4) is 0 Å². The first-order valence-corrected chi connectivity index (χ1v) is 9.93. The molecule has 1 aromatic rings. The standard InChI is InChI=1S/C21H24N4O2S/c1-13(2)27-14-5-3-7-17(22)16(11-14)20(23)21-24-10-9-18(25-21)19-8-4-6-15(12-26)28-19/h3,6-11,13,23,26H,4-5,12,22H2,1-2H3. The largest absolute Gasteiger partial charge is 0.495 e. The first kappa shape index (κ1) is 20.1. The Labute approximate surface area is 169 Å². The second-order valence-electron chi connectivity index (χ2n) is 6.63. The number of aliphatic hydroxyl groups is 1. The van der Waals surface area contributed by atoms with Gasteiger partial charge in [-0.1, -0.05) is 30.0 Å². The van der Waals surface area contributed by atoms with Crippen LogP contribution in [0.15, 0.2) is 64.6 Å². The maximum atomic E-state index is 9.38. The van der Waals surface area contributed by atoms with Crippen LogP contribution < -0.4 is 5.73 Å². The molecule has 2 aliphatic rings. The number of allylic oxidation sites excluding steroid dienone is 6. The molecule has 1 aliphatic heterocycles. The van der Waals surface area contributed by atoms with Gasteiger partial charge in [-0.05, 0) is 38.5 Å². The van der Waals surface area contributed by atoms with Crippen LogP contribution >= 0.6 is 11.8 Å². The fourth-order valence-corrected chi connectivity index (χ4v) is 3.73. The van der Waals surface area contributed by atoms with Crippen molar-refractivity contribution in [2.45, 2.75) is 32.8 Å². The van der Waals surface area contributed by atoms with E-state index in [4.69, 9.17) is 15.9 Å². The summed E-state index contributed by atoms with van der Waals surface area (Å²) in [5.74, 6) is 1.05. The van der Waals surface area contributed by atoms with E-state index in [9.17, 15) is 5.11 Å². The quantitative estimate of drug-likeness (QED) is 0.634. The second-order valence-corrected chi connectivity index (χ2v) is 7.80. The van der Waals surface area contributed by atoms with E-state index in [1.807, 2.05) is 32.1 Å². The molecule has 1 aromatic heterocycles. The highest BCUT2D eigenvalue weighted by Crippen LogP contribution is 2.36. The van der Waals surface area contributed by atoms with Gasteiger partial charge in [-0.2, -0.15) is 0 Å². The van der Waals surface area contributed by atoms with Gasteiger partial charge in [0.2, 0.25) is 0 Å². The van der Waals surface area contributed by atoms with Gasteiger partial charge in [0.15, 0.2) is 5.82 Å². The lowest BCUT2D eigenvalue weighted by atomic mass is 10.1. The van der Waals surface area contributed by atoms with Crippen LogP contribution in [-0.4, -0.2) is 33.5 Å². The smallest absolute Gasteiger partial charge is 0.178 e. The topological polar surface area (TPSA) is 105 Å². The highest BCUT2D eigenvalue weighted by Gasteiger charge is 2.18. The fraction of sp³-hybridized carbons (Fsp3) is 0.286. The fourth-order valence-electron chi connectivity index (χ4n) is 2.81. The van der Waals surface area contributed by atoms with E-state index in [2.05, 4.69) is 16.0 Å². The van der Waals surface area contributed by atoms with Crippen LogP contribution in [-0.2, 0) is 4.74 Å². The summed E-state index contributed by atoms with van der Waals surface area (Å²) in [5.41, 5.74) is 8.08. The third-order valence-corrected chi connectivity index (χ3v) is 5.22. The van der Waals surface area contributed by atoms with Gasteiger partial charge < -0.3 is 15.6 Å². The van der Waals surface area contributed by atoms with Crippen molar-refractivity contribution in [2.75, 3.05) is 6.61 Å². The van der Waals surface area contributed by atoms with Crippen molar-refractivity contribution in [3.63, 3.8) is 0 Å². The summed E-state index contributed by atoms with van der Waals surface area (Å²) in [6, 6.07) is 1.81. The lowest BCUT2D eigenvalue weighted by Crippen LogP contribution is -2.13. The molecule has 0 fully saturated rings. The number of hydrogen-bond donors (Lipinski definition) is 3. The normalized spacial score (nSPS) is 17.1. The molecule has 0 unspecified atom stereocenters. The van der Waals surface area contributed by atoms with Gasteiger partial charge in [0, 0.05) is 33.7 Å². The lowest BCUT2D eigenvalue weighted by molar-refractivity contribution is 0.144. The molecule has 0 saturated heterocycles. The van der Waals surface area contributed by atoms with Gasteiger partial charge in [0.1, 0.15) is 11.5 Å². The number of hydrogen-bond acceptors (Lipinski definition) is 7. The van der Waals surface area contributed by atoms with Crippen LogP contribution in [0.25, 0.3) is 4.91 Å². The van der Waals surface area contributed by atoms with Crippen molar-refractivity contribution in [1.82, 2.24) is 9.97 Å². The number of rotatable bonds is 6. The Hall–Kier alpha value is -2.64. The number of thioether (sulfide) groups is 1. The van der Waals surface area contributed by atoms with Crippen LogP contribution in [0.4, 0.5) is 0 Å². The molecule has 3 rings (SSSR count). The average molecular weight is 397 g/mol. The first-order valence-electron chi connectivity index (χ1n) is 9.12. The van der Waals surface area contributed by atoms with Crippen LogP contribution in [0.3, 0.4) is 0 Å². The number of aromatic nitrogens is 2. The maximum absolute atomic E-state index is 9.38. The summed E-state index contributed by atoms with van der Waals surface area (Å²) in [5, 5.41) is 18.0. The van der Waals surface area contributed by atoms with Crippen LogP contribution in [0.1, 0.15) is 38.2 Å². The Morgan fingerprint density at radius 3 is 2.96 bits per heavy atom. The molecule has 7 heteroatoms. The monoisotopic (exact) mass is 396 g/mol. The predicted octanol–water partition coefficient (Wildman–Crippen LogP) is 3.68. The molecule has 28 heavy (non-hydrogen) atoms. The molecule has 0 amide bonds. The van der Waals surface area contributed by atoms with Crippen LogP contribution in [0.2, 0.25) is 0 Å². The van der Waals surface area contributed by atoms with E-state index in [0.29, 0.717) is 23.5 Å². The number of nitrogens with two attached hydrogens (primary N) is 1. The average Bonchev–Trinajstić information content (AvgIpc) is 2.88. The molecule has 0 radical (unpaired) electrons. The Balaban J connectivity index is 1.90. The van der Waals surface area contributed by atoms with Crippen molar-refractivity contribution < 1.29 is 9.84 Å². The van der Waals surface area contributed by atoms with Crippen LogP contribution in [0, 0.1) is 5.41 Å². The Morgan fingerprint density at radius 2 is 2.21 bits per heavy atom. The number of aliphatic hydroxyl groups excluding tert-OH is 1. The minimum atomic E-state index is 0.00887. The molecular formula is C21H24N4O2S.